The van der Waals surface area contributed by atoms with Crippen LogP contribution >= 0.6 is 0 Å². The van der Waals surface area contributed by atoms with E-state index in [2.05, 4.69) is 49.0 Å². The first kappa shape index (κ1) is 13.2. The average molecular weight is 224 g/mol. The molecule has 4 heteroatoms. The zero-order valence-electron chi connectivity index (χ0n) is 10.8. The molecule has 1 rings (SSSR count). The minimum Gasteiger partial charge on any atom is -0.271 e. The van der Waals surface area contributed by atoms with E-state index < -0.39 is 0 Å². The van der Waals surface area contributed by atoms with E-state index in [1.165, 1.54) is 5.69 Å². The third-order valence-corrected chi connectivity index (χ3v) is 3.02. The lowest BCUT2D eigenvalue weighted by Crippen LogP contribution is -2.41. The molecule has 1 atom stereocenters. The maximum atomic E-state index is 5.57. The largest absolute Gasteiger partial charge is 0.271 e. The van der Waals surface area contributed by atoms with Crippen molar-refractivity contribution in [1.82, 2.24) is 15.2 Å². The van der Waals surface area contributed by atoms with Crippen LogP contribution in [0.25, 0.3) is 0 Å². The van der Waals surface area contributed by atoms with Gasteiger partial charge in [0.2, 0.25) is 0 Å². The molecule has 0 aliphatic carbocycles. The summed E-state index contributed by atoms with van der Waals surface area (Å²) >= 11 is 0. The average Bonchev–Trinajstić information content (AvgIpc) is 2.67. The van der Waals surface area contributed by atoms with Crippen molar-refractivity contribution in [1.29, 1.82) is 0 Å². The maximum absolute atomic E-state index is 5.57. The Bertz CT molecular complexity index is 317. The molecular formula is C12H24N4. The summed E-state index contributed by atoms with van der Waals surface area (Å²) in [6.45, 7) is 9.53. The number of nitrogens with two attached hydrogens (primary N) is 1. The van der Waals surface area contributed by atoms with Gasteiger partial charge in [0, 0.05) is 24.7 Å². The molecule has 0 aliphatic heterocycles. The summed E-state index contributed by atoms with van der Waals surface area (Å²) in [6, 6.07) is 2.50. The van der Waals surface area contributed by atoms with E-state index in [9.17, 15) is 0 Å². The predicted octanol–water partition coefficient (Wildman–Crippen LogP) is 1.50. The first-order chi connectivity index (χ1) is 7.62. The lowest BCUT2D eigenvalue weighted by molar-refractivity contribution is 0.394. The van der Waals surface area contributed by atoms with Crippen LogP contribution in [0.1, 0.15) is 39.1 Å². The highest BCUT2D eigenvalue weighted by Gasteiger charge is 2.15. The van der Waals surface area contributed by atoms with E-state index in [1.807, 2.05) is 0 Å². The zero-order chi connectivity index (χ0) is 12.1. The lowest BCUT2D eigenvalue weighted by Gasteiger charge is -2.19. The summed E-state index contributed by atoms with van der Waals surface area (Å²) < 4.78 is 2.07. The van der Waals surface area contributed by atoms with Gasteiger partial charge in [0.1, 0.15) is 0 Å². The van der Waals surface area contributed by atoms with Crippen molar-refractivity contribution < 1.29 is 0 Å². The fraction of sp³-hybridized carbons (Fsp3) is 0.750. The van der Waals surface area contributed by atoms with Crippen molar-refractivity contribution in [2.45, 2.75) is 53.1 Å². The minimum absolute atomic E-state index is 0.312. The molecule has 0 radical (unpaired) electrons. The number of aromatic nitrogens is 2. The molecule has 1 unspecified atom stereocenters. The highest BCUT2D eigenvalue weighted by molar-refractivity contribution is 5.12. The number of aryl methyl sites for hydroxylation is 2. The van der Waals surface area contributed by atoms with Crippen molar-refractivity contribution >= 4 is 0 Å². The van der Waals surface area contributed by atoms with E-state index >= 15 is 0 Å². The van der Waals surface area contributed by atoms with Gasteiger partial charge in [-0.25, -0.2) is 0 Å². The quantitative estimate of drug-likeness (QED) is 0.568. The van der Waals surface area contributed by atoms with Gasteiger partial charge in [-0.2, -0.15) is 5.10 Å². The standard InChI is InChI=1S/C12H24N4/c1-5-10-7-11(16(6-2)15-10)8-12(14-13)9(3)4/h7,9,12,14H,5-6,8,13H2,1-4H3. The van der Waals surface area contributed by atoms with Crippen LogP contribution < -0.4 is 11.3 Å². The van der Waals surface area contributed by atoms with E-state index in [-0.39, 0.29) is 0 Å². The Morgan fingerprint density at radius 3 is 2.56 bits per heavy atom. The lowest BCUT2D eigenvalue weighted by atomic mass is 10.00. The van der Waals surface area contributed by atoms with Crippen molar-refractivity contribution in [2.75, 3.05) is 0 Å². The molecule has 0 fully saturated rings. The summed E-state index contributed by atoms with van der Waals surface area (Å²) in [4.78, 5) is 0. The smallest absolute Gasteiger partial charge is 0.0624 e. The SMILES string of the molecule is CCc1cc(CC(NN)C(C)C)n(CC)n1. The number of nitrogens with zero attached hydrogens (tertiary/aromatic N) is 2. The molecule has 0 aromatic carbocycles. The molecule has 1 aromatic heterocycles. The van der Waals surface area contributed by atoms with E-state index in [4.69, 9.17) is 5.84 Å². The highest BCUT2D eigenvalue weighted by Crippen LogP contribution is 2.12. The van der Waals surface area contributed by atoms with Crippen LogP contribution in [0.5, 0.6) is 0 Å². The second kappa shape index (κ2) is 6.01. The predicted molar refractivity (Wildman–Crippen MR) is 66.9 cm³/mol. The number of nitrogens with one attached hydrogen (secondary N) is 1. The molecular weight excluding hydrogens is 200 g/mol. The third kappa shape index (κ3) is 3.06. The molecule has 4 nitrogen and oxygen atoms in total. The fourth-order valence-corrected chi connectivity index (χ4v) is 1.84. The van der Waals surface area contributed by atoms with Crippen LogP contribution in [0.15, 0.2) is 6.07 Å². The highest BCUT2D eigenvalue weighted by atomic mass is 15.3. The Morgan fingerprint density at radius 2 is 2.12 bits per heavy atom. The van der Waals surface area contributed by atoms with Crippen molar-refractivity contribution in [3.63, 3.8) is 0 Å². The third-order valence-electron chi connectivity index (χ3n) is 3.02. The molecule has 0 spiro atoms. The molecule has 3 N–H and O–H groups in total. The first-order valence-corrected chi connectivity index (χ1v) is 6.14. The minimum atomic E-state index is 0.312. The van der Waals surface area contributed by atoms with Crippen molar-refractivity contribution in [3.05, 3.63) is 17.5 Å². The second-order valence-corrected chi connectivity index (χ2v) is 4.52. The summed E-state index contributed by atoms with van der Waals surface area (Å²) in [7, 11) is 0. The molecule has 1 heterocycles. The van der Waals surface area contributed by atoms with Gasteiger partial charge in [0.15, 0.2) is 0 Å². The second-order valence-electron chi connectivity index (χ2n) is 4.52. The topological polar surface area (TPSA) is 55.9 Å². The summed E-state index contributed by atoms with van der Waals surface area (Å²) in [5.74, 6) is 6.10. The van der Waals surface area contributed by atoms with E-state index in [1.54, 1.807) is 0 Å². The Kier molecular flexibility index (Phi) is 4.96. The van der Waals surface area contributed by atoms with Gasteiger partial charge in [0.05, 0.1) is 5.69 Å². The van der Waals surface area contributed by atoms with E-state index in [0.29, 0.717) is 12.0 Å². The van der Waals surface area contributed by atoms with Crippen molar-refractivity contribution in [2.24, 2.45) is 11.8 Å². The summed E-state index contributed by atoms with van der Waals surface area (Å²) in [6.07, 6.45) is 1.93. The molecule has 1 aromatic rings. The zero-order valence-corrected chi connectivity index (χ0v) is 10.8. The Hall–Kier alpha value is -0.870. The molecule has 92 valence electrons. The number of hydrogen-bond donors (Lipinski definition) is 2. The first-order valence-electron chi connectivity index (χ1n) is 6.14. The molecule has 0 saturated carbocycles. The van der Waals surface area contributed by atoms with Gasteiger partial charge >= 0.3 is 0 Å². The molecule has 0 amide bonds. The van der Waals surface area contributed by atoms with Gasteiger partial charge in [0.25, 0.3) is 0 Å². The van der Waals surface area contributed by atoms with Gasteiger partial charge in [-0.15, -0.1) is 0 Å². The Labute approximate surface area is 98.2 Å². The Morgan fingerprint density at radius 1 is 1.44 bits per heavy atom. The van der Waals surface area contributed by atoms with Gasteiger partial charge in [-0.1, -0.05) is 20.8 Å². The summed E-state index contributed by atoms with van der Waals surface area (Å²) in [5, 5.41) is 4.54. The normalized spacial score (nSPS) is 13.4. The van der Waals surface area contributed by atoms with Crippen LogP contribution in [0.4, 0.5) is 0 Å². The maximum Gasteiger partial charge on any atom is 0.0624 e. The van der Waals surface area contributed by atoms with Crippen LogP contribution in [0.3, 0.4) is 0 Å². The number of hydrogen-bond acceptors (Lipinski definition) is 3. The Balaban J connectivity index is 2.81. The van der Waals surface area contributed by atoms with E-state index in [0.717, 1.165) is 25.1 Å². The molecule has 0 bridgehead atoms. The van der Waals surface area contributed by atoms with Gasteiger partial charge in [-0.05, 0) is 25.3 Å². The van der Waals surface area contributed by atoms with Crippen LogP contribution in [0, 0.1) is 5.92 Å². The van der Waals surface area contributed by atoms with Crippen LogP contribution in [-0.2, 0) is 19.4 Å². The summed E-state index contributed by atoms with van der Waals surface area (Å²) in [5.41, 5.74) is 5.32. The van der Waals surface area contributed by atoms with Crippen molar-refractivity contribution in [3.8, 4) is 0 Å². The molecule has 16 heavy (non-hydrogen) atoms. The molecule has 0 aliphatic rings. The van der Waals surface area contributed by atoms with Gasteiger partial charge < -0.3 is 0 Å². The number of hydrazine groups is 1. The monoisotopic (exact) mass is 224 g/mol. The van der Waals surface area contributed by atoms with Crippen LogP contribution in [-0.4, -0.2) is 15.8 Å². The fourth-order valence-electron chi connectivity index (χ4n) is 1.84. The van der Waals surface area contributed by atoms with Crippen LogP contribution in [0.2, 0.25) is 0 Å². The molecule has 0 saturated heterocycles. The van der Waals surface area contributed by atoms with Gasteiger partial charge in [-0.3, -0.25) is 16.0 Å². The number of rotatable bonds is 6.